The smallest absolute Gasteiger partial charge is 0.408 e. The molecular formula is C36H39N3O6. The van der Waals surface area contributed by atoms with Crippen LogP contribution in [0, 0.1) is 5.92 Å². The van der Waals surface area contributed by atoms with Gasteiger partial charge in [0.25, 0.3) is 0 Å². The van der Waals surface area contributed by atoms with E-state index in [0.717, 1.165) is 16.7 Å². The van der Waals surface area contributed by atoms with Crippen LogP contribution in [-0.2, 0) is 33.8 Å². The van der Waals surface area contributed by atoms with Crippen molar-refractivity contribution in [2.45, 2.75) is 57.8 Å². The summed E-state index contributed by atoms with van der Waals surface area (Å²) in [4.78, 5) is 53.6. The average molecular weight is 610 g/mol. The molecule has 0 radical (unpaired) electrons. The lowest BCUT2D eigenvalue weighted by molar-refractivity contribution is -0.130. The number of benzene rings is 3. The average Bonchev–Trinajstić information content (AvgIpc) is 3.59. The van der Waals surface area contributed by atoms with Gasteiger partial charge in [-0.2, -0.15) is 0 Å². The minimum absolute atomic E-state index is 0.0341. The molecule has 9 heteroatoms. The van der Waals surface area contributed by atoms with Crippen LogP contribution < -0.4 is 16.0 Å². The van der Waals surface area contributed by atoms with Gasteiger partial charge < -0.3 is 25.1 Å². The molecule has 0 saturated carbocycles. The molecule has 45 heavy (non-hydrogen) atoms. The van der Waals surface area contributed by atoms with Crippen molar-refractivity contribution in [3.8, 4) is 0 Å². The summed E-state index contributed by atoms with van der Waals surface area (Å²) in [5, 5.41) is 8.37. The minimum Gasteiger partial charge on any atom is -0.461 e. The van der Waals surface area contributed by atoms with Crippen molar-refractivity contribution in [1.29, 1.82) is 0 Å². The molecule has 3 amide bonds. The number of ketones is 1. The van der Waals surface area contributed by atoms with E-state index in [1.54, 1.807) is 12.1 Å². The van der Waals surface area contributed by atoms with E-state index in [4.69, 9.17) is 9.15 Å². The molecule has 0 aliphatic heterocycles. The Morgan fingerprint density at radius 3 is 1.60 bits per heavy atom. The molecule has 9 nitrogen and oxygen atoms in total. The van der Waals surface area contributed by atoms with E-state index < -0.39 is 36.0 Å². The molecule has 0 bridgehead atoms. The Morgan fingerprint density at radius 1 is 0.622 bits per heavy atom. The highest BCUT2D eigenvalue weighted by Crippen LogP contribution is 2.14. The molecular weight excluding hydrogens is 570 g/mol. The van der Waals surface area contributed by atoms with Crippen LogP contribution >= 0.6 is 0 Å². The molecule has 3 N–H and O–H groups in total. The van der Waals surface area contributed by atoms with Gasteiger partial charge in [-0.05, 0) is 41.2 Å². The number of alkyl carbamates (subject to hydrolysis) is 1. The molecule has 0 spiro atoms. The van der Waals surface area contributed by atoms with Crippen molar-refractivity contribution in [1.82, 2.24) is 16.0 Å². The number of nitrogens with one attached hydrogen (secondary N) is 3. The number of furan rings is 1. The number of hydrogen-bond donors (Lipinski definition) is 3. The number of Topliss-reactive ketones (excluding diaryl/α,β-unsaturated/α-hetero) is 1. The third-order valence-electron chi connectivity index (χ3n) is 7.12. The van der Waals surface area contributed by atoms with Gasteiger partial charge in [-0.1, -0.05) is 105 Å². The molecule has 0 fully saturated rings. The Morgan fingerprint density at radius 2 is 1.11 bits per heavy atom. The quantitative estimate of drug-likeness (QED) is 0.158. The van der Waals surface area contributed by atoms with Gasteiger partial charge in [-0.25, -0.2) is 4.79 Å². The molecule has 1 aromatic heterocycles. The second kappa shape index (κ2) is 16.6. The van der Waals surface area contributed by atoms with Gasteiger partial charge in [-0.15, -0.1) is 0 Å². The zero-order chi connectivity index (χ0) is 32.0. The molecule has 0 saturated heterocycles. The number of rotatable bonds is 15. The Bertz CT molecular complexity index is 1510. The van der Waals surface area contributed by atoms with Gasteiger partial charge in [0.05, 0.1) is 12.3 Å². The van der Waals surface area contributed by atoms with Crippen LogP contribution in [0.25, 0.3) is 0 Å². The topological polar surface area (TPSA) is 127 Å². The minimum atomic E-state index is -1.04. The summed E-state index contributed by atoms with van der Waals surface area (Å²) in [5.74, 6) is -1.20. The van der Waals surface area contributed by atoms with Gasteiger partial charge in [0.2, 0.25) is 17.6 Å². The highest BCUT2D eigenvalue weighted by molar-refractivity contribution is 6.01. The summed E-state index contributed by atoms with van der Waals surface area (Å²) in [6, 6.07) is 27.9. The van der Waals surface area contributed by atoms with Gasteiger partial charge in [0.15, 0.2) is 5.76 Å². The van der Waals surface area contributed by atoms with Crippen LogP contribution in [0.2, 0.25) is 0 Å². The van der Waals surface area contributed by atoms with E-state index in [9.17, 15) is 19.2 Å². The Hall–Kier alpha value is -5.18. The van der Waals surface area contributed by atoms with Crippen LogP contribution in [0.5, 0.6) is 0 Å². The van der Waals surface area contributed by atoms with Crippen LogP contribution in [-0.4, -0.2) is 41.8 Å². The molecule has 4 rings (SSSR count). The maximum Gasteiger partial charge on any atom is 0.408 e. The summed E-state index contributed by atoms with van der Waals surface area (Å²) in [7, 11) is 0. The van der Waals surface area contributed by atoms with E-state index in [0.29, 0.717) is 6.42 Å². The predicted molar refractivity (Wildman–Crippen MR) is 170 cm³/mol. The van der Waals surface area contributed by atoms with Crippen LogP contribution in [0.4, 0.5) is 4.79 Å². The predicted octanol–water partition coefficient (Wildman–Crippen LogP) is 5.26. The van der Waals surface area contributed by atoms with Gasteiger partial charge in [0, 0.05) is 12.8 Å². The molecule has 0 aliphatic carbocycles. The summed E-state index contributed by atoms with van der Waals surface area (Å²) >= 11 is 0. The standard InChI is InChI=1S/C36H39N3O6/c1-25(2)21-29(33(40)32-19-12-20-44-32)37-34(41)30(22-26-13-6-3-7-14-26)38-35(42)31(23-27-15-8-4-9-16-27)39-36(43)45-24-28-17-10-5-11-18-28/h3-20,25,29-31H,21-24H2,1-2H3,(H,37,41)(H,38,42)(H,39,43)/t29-,30-,31-/m0/s1. The lowest BCUT2D eigenvalue weighted by Gasteiger charge is -2.26. The van der Waals surface area contributed by atoms with Crippen LogP contribution in [0.15, 0.2) is 114 Å². The summed E-state index contributed by atoms with van der Waals surface area (Å²) in [6.07, 6.45) is 1.35. The Kier molecular flexibility index (Phi) is 12.1. The van der Waals surface area contributed by atoms with Crippen molar-refractivity contribution in [2.75, 3.05) is 0 Å². The maximum absolute atomic E-state index is 13.8. The van der Waals surface area contributed by atoms with E-state index in [1.807, 2.05) is 105 Å². The number of hydrogen-bond acceptors (Lipinski definition) is 6. The molecule has 0 aliphatic rings. The van der Waals surface area contributed by atoms with Crippen molar-refractivity contribution in [3.63, 3.8) is 0 Å². The molecule has 3 aromatic carbocycles. The lowest BCUT2D eigenvalue weighted by Crippen LogP contribution is -2.57. The SMILES string of the molecule is CC(C)C[C@H](NC(=O)[C@H](Cc1ccccc1)NC(=O)[C@H](Cc1ccccc1)NC(=O)OCc1ccccc1)C(=O)c1ccco1. The second-order valence-electron chi connectivity index (χ2n) is 11.2. The normalized spacial score (nSPS) is 12.9. The lowest BCUT2D eigenvalue weighted by atomic mass is 9.97. The van der Waals surface area contributed by atoms with Crippen molar-refractivity contribution in [3.05, 3.63) is 132 Å². The highest BCUT2D eigenvalue weighted by atomic mass is 16.5. The van der Waals surface area contributed by atoms with Crippen LogP contribution in [0.1, 0.15) is 47.5 Å². The first-order chi connectivity index (χ1) is 21.8. The number of carbonyl (C=O) groups is 4. The third-order valence-corrected chi connectivity index (χ3v) is 7.12. The largest absolute Gasteiger partial charge is 0.461 e. The van der Waals surface area contributed by atoms with Crippen molar-refractivity contribution in [2.24, 2.45) is 5.92 Å². The van der Waals surface area contributed by atoms with E-state index in [-0.39, 0.29) is 36.9 Å². The highest BCUT2D eigenvalue weighted by Gasteiger charge is 2.31. The molecule has 4 aromatic rings. The summed E-state index contributed by atoms with van der Waals surface area (Å²) in [5.41, 5.74) is 2.42. The first-order valence-electron chi connectivity index (χ1n) is 15.0. The van der Waals surface area contributed by atoms with E-state index >= 15 is 0 Å². The molecule has 3 atom stereocenters. The first-order valence-corrected chi connectivity index (χ1v) is 15.0. The second-order valence-corrected chi connectivity index (χ2v) is 11.2. The molecule has 234 valence electrons. The zero-order valence-corrected chi connectivity index (χ0v) is 25.5. The molecule has 0 unspecified atom stereocenters. The number of carbonyl (C=O) groups excluding carboxylic acids is 4. The third kappa shape index (κ3) is 10.5. The van der Waals surface area contributed by atoms with Gasteiger partial charge in [0.1, 0.15) is 18.7 Å². The Balaban J connectivity index is 1.53. The van der Waals surface area contributed by atoms with Gasteiger partial charge in [-0.3, -0.25) is 14.4 Å². The van der Waals surface area contributed by atoms with E-state index in [2.05, 4.69) is 16.0 Å². The number of ether oxygens (including phenoxy) is 1. The monoisotopic (exact) mass is 609 g/mol. The molecule has 1 heterocycles. The van der Waals surface area contributed by atoms with Crippen LogP contribution in [0.3, 0.4) is 0 Å². The fourth-order valence-electron chi connectivity index (χ4n) is 4.86. The van der Waals surface area contributed by atoms with Crippen molar-refractivity contribution < 1.29 is 28.3 Å². The fourth-order valence-corrected chi connectivity index (χ4v) is 4.86. The summed E-state index contributed by atoms with van der Waals surface area (Å²) < 4.78 is 10.7. The maximum atomic E-state index is 13.8. The fraction of sp³-hybridized carbons (Fsp3) is 0.278. The van der Waals surface area contributed by atoms with Crippen molar-refractivity contribution >= 4 is 23.7 Å². The Labute approximate surface area is 263 Å². The summed E-state index contributed by atoms with van der Waals surface area (Å²) in [6.45, 7) is 3.94. The van der Waals surface area contributed by atoms with E-state index in [1.165, 1.54) is 6.26 Å². The zero-order valence-electron chi connectivity index (χ0n) is 25.5. The van der Waals surface area contributed by atoms with Gasteiger partial charge >= 0.3 is 6.09 Å². The number of amides is 3. The first kappa shape index (κ1) is 32.7.